The van der Waals surface area contributed by atoms with Crippen molar-refractivity contribution in [2.45, 2.75) is 39.5 Å². The standard InChI is InChI=1S/C12H21N3/c1-5-10-8-11(9(2)3)15-12(14-10)6-7-13-4/h8-9,13H,5-7H2,1-4H3. The molecule has 0 aromatic carbocycles. The molecule has 0 aliphatic heterocycles. The number of hydrogen-bond donors (Lipinski definition) is 1. The van der Waals surface area contributed by atoms with Crippen LogP contribution in [-0.2, 0) is 12.8 Å². The van der Waals surface area contributed by atoms with Crippen LogP contribution in [0.3, 0.4) is 0 Å². The van der Waals surface area contributed by atoms with Crippen LogP contribution in [0.5, 0.6) is 0 Å². The van der Waals surface area contributed by atoms with Crippen LogP contribution in [0.15, 0.2) is 6.07 Å². The first-order valence-electron chi connectivity index (χ1n) is 5.68. The van der Waals surface area contributed by atoms with E-state index in [2.05, 4.69) is 42.1 Å². The van der Waals surface area contributed by atoms with E-state index in [1.807, 2.05) is 7.05 Å². The molecule has 0 unspecified atom stereocenters. The molecular weight excluding hydrogens is 186 g/mol. The maximum absolute atomic E-state index is 4.57. The normalized spacial score (nSPS) is 11.0. The van der Waals surface area contributed by atoms with Gasteiger partial charge in [-0.05, 0) is 25.5 Å². The second-order valence-electron chi connectivity index (χ2n) is 4.06. The first-order valence-corrected chi connectivity index (χ1v) is 5.68. The van der Waals surface area contributed by atoms with Crippen molar-refractivity contribution in [3.05, 3.63) is 23.3 Å². The van der Waals surface area contributed by atoms with Crippen molar-refractivity contribution in [2.75, 3.05) is 13.6 Å². The molecule has 1 aromatic heterocycles. The van der Waals surface area contributed by atoms with Gasteiger partial charge in [-0.1, -0.05) is 20.8 Å². The molecule has 15 heavy (non-hydrogen) atoms. The predicted octanol–water partition coefficient (Wildman–Crippen LogP) is 1.92. The van der Waals surface area contributed by atoms with Gasteiger partial charge in [0.05, 0.1) is 0 Å². The van der Waals surface area contributed by atoms with Crippen LogP contribution in [-0.4, -0.2) is 23.6 Å². The van der Waals surface area contributed by atoms with Crippen LogP contribution in [0.25, 0.3) is 0 Å². The van der Waals surface area contributed by atoms with Crippen LogP contribution in [0, 0.1) is 0 Å². The lowest BCUT2D eigenvalue weighted by Gasteiger charge is -2.09. The van der Waals surface area contributed by atoms with E-state index in [0.717, 1.165) is 36.6 Å². The van der Waals surface area contributed by atoms with Crippen LogP contribution < -0.4 is 5.32 Å². The summed E-state index contributed by atoms with van der Waals surface area (Å²) in [6, 6.07) is 2.12. The van der Waals surface area contributed by atoms with Crippen molar-refractivity contribution in [1.29, 1.82) is 0 Å². The Kier molecular flexibility index (Phi) is 4.69. The summed E-state index contributed by atoms with van der Waals surface area (Å²) in [4.78, 5) is 9.09. The summed E-state index contributed by atoms with van der Waals surface area (Å²) in [5.74, 6) is 1.44. The molecule has 0 saturated carbocycles. The lowest BCUT2D eigenvalue weighted by Crippen LogP contribution is -2.14. The molecule has 0 spiro atoms. The molecule has 3 heteroatoms. The van der Waals surface area contributed by atoms with Gasteiger partial charge in [0.2, 0.25) is 0 Å². The topological polar surface area (TPSA) is 37.8 Å². The maximum Gasteiger partial charge on any atom is 0.130 e. The summed E-state index contributed by atoms with van der Waals surface area (Å²) < 4.78 is 0. The summed E-state index contributed by atoms with van der Waals surface area (Å²) >= 11 is 0. The Morgan fingerprint density at radius 1 is 1.33 bits per heavy atom. The number of hydrogen-bond acceptors (Lipinski definition) is 3. The molecule has 0 fully saturated rings. The molecule has 0 bridgehead atoms. The number of likely N-dealkylation sites (N-methyl/N-ethyl adjacent to an activating group) is 1. The van der Waals surface area contributed by atoms with E-state index in [9.17, 15) is 0 Å². The van der Waals surface area contributed by atoms with Crippen molar-refractivity contribution >= 4 is 0 Å². The van der Waals surface area contributed by atoms with E-state index >= 15 is 0 Å². The molecule has 0 saturated heterocycles. The van der Waals surface area contributed by atoms with E-state index in [-0.39, 0.29) is 0 Å². The number of nitrogens with one attached hydrogen (secondary N) is 1. The van der Waals surface area contributed by atoms with Crippen molar-refractivity contribution in [3.8, 4) is 0 Å². The number of nitrogens with zero attached hydrogens (tertiary/aromatic N) is 2. The third kappa shape index (κ3) is 3.59. The van der Waals surface area contributed by atoms with Crippen LogP contribution >= 0.6 is 0 Å². The molecule has 0 aliphatic rings. The summed E-state index contributed by atoms with van der Waals surface area (Å²) in [6.45, 7) is 7.41. The molecule has 1 heterocycles. The highest BCUT2D eigenvalue weighted by Crippen LogP contribution is 2.13. The SMILES string of the molecule is CCc1cc(C(C)C)nc(CCNC)n1. The molecule has 3 nitrogen and oxygen atoms in total. The average Bonchev–Trinajstić information content (AvgIpc) is 2.25. The third-order valence-corrected chi connectivity index (χ3v) is 2.40. The van der Waals surface area contributed by atoms with Crippen LogP contribution in [0.1, 0.15) is 43.9 Å². The number of rotatable bonds is 5. The Morgan fingerprint density at radius 3 is 2.60 bits per heavy atom. The zero-order chi connectivity index (χ0) is 11.3. The van der Waals surface area contributed by atoms with Gasteiger partial charge in [0, 0.05) is 24.4 Å². The van der Waals surface area contributed by atoms with E-state index in [0.29, 0.717) is 5.92 Å². The third-order valence-electron chi connectivity index (χ3n) is 2.40. The average molecular weight is 207 g/mol. The van der Waals surface area contributed by atoms with Crippen LogP contribution in [0.2, 0.25) is 0 Å². The van der Waals surface area contributed by atoms with Crippen LogP contribution in [0.4, 0.5) is 0 Å². The lowest BCUT2D eigenvalue weighted by molar-refractivity contribution is 0.720. The molecule has 1 aromatic rings. The number of aryl methyl sites for hydroxylation is 1. The molecule has 0 aliphatic carbocycles. The van der Waals surface area contributed by atoms with Crippen molar-refractivity contribution in [2.24, 2.45) is 0 Å². The summed E-state index contributed by atoms with van der Waals surface area (Å²) in [7, 11) is 1.95. The van der Waals surface area contributed by atoms with Crippen molar-refractivity contribution in [3.63, 3.8) is 0 Å². The van der Waals surface area contributed by atoms with E-state index in [1.165, 1.54) is 0 Å². The van der Waals surface area contributed by atoms with Gasteiger partial charge in [-0.15, -0.1) is 0 Å². The fourth-order valence-corrected chi connectivity index (χ4v) is 1.40. The summed E-state index contributed by atoms with van der Waals surface area (Å²) in [5.41, 5.74) is 2.31. The minimum absolute atomic E-state index is 0.478. The van der Waals surface area contributed by atoms with Gasteiger partial charge in [-0.25, -0.2) is 9.97 Å². The minimum Gasteiger partial charge on any atom is -0.319 e. The van der Waals surface area contributed by atoms with E-state index in [1.54, 1.807) is 0 Å². The minimum atomic E-state index is 0.478. The fourth-order valence-electron chi connectivity index (χ4n) is 1.40. The molecule has 0 radical (unpaired) electrons. The second-order valence-corrected chi connectivity index (χ2v) is 4.06. The Balaban J connectivity index is 2.90. The van der Waals surface area contributed by atoms with Gasteiger partial charge in [0.25, 0.3) is 0 Å². The van der Waals surface area contributed by atoms with Gasteiger partial charge in [0.1, 0.15) is 5.82 Å². The maximum atomic E-state index is 4.57. The quantitative estimate of drug-likeness (QED) is 0.801. The largest absolute Gasteiger partial charge is 0.319 e. The Morgan fingerprint density at radius 2 is 2.07 bits per heavy atom. The molecule has 84 valence electrons. The van der Waals surface area contributed by atoms with Gasteiger partial charge >= 0.3 is 0 Å². The lowest BCUT2D eigenvalue weighted by atomic mass is 10.1. The number of aromatic nitrogens is 2. The zero-order valence-corrected chi connectivity index (χ0v) is 10.2. The fraction of sp³-hybridized carbons (Fsp3) is 0.667. The second kappa shape index (κ2) is 5.81. The molecule has 1 rings (SSSR count). The zero-order valence-electron chi connectivity index (χ0n) is 10.2. The highest BCUT2D eigenvalue weighted by atomic mass is 14.9. The Labute approximate surface area is 92.3 Å². The monoisotopic (exact) mass is 207 g/mol. The van der Waals surface area contributed by atoms with Gasteiger partial charge < -0.3 is 5.32 Å². The highest BCUT2D eigenvalue weighted by molar-refractivity contribution is 5.14. The highest BCUT2D eigenvalue weighted by Gasteiger charge is 2.06. The van der Waals surface area contributed by atoms with E-state index in [4.69, 9.17) is 0 Å². The summed E-state index contributed by atoms with van der Waals surface area (Å²) in [6.07, 6.45) is 1.89. The smallest absolute Gasteiger partial charge is 0.130 e. The Hall–Kier alpha value is -0.960. The first kappa shape index (κ1) is 12.1. The first-order chi connectivity index (χ1) is 7.17. The van der Waals surface area contributed by atoms with Crippen molar-refractivity contribution < 1.29 is 0 Å². The molecule has 1 N–H and O–H groups in total. The predicted molar refractivity (Wildman–Crippen MR) is 63.1 cm³/mol. The van der Waals surface area contributed by atoms with Crippen molar-refractivity contribution in [1.82, 2.24) is 15.3 Å². The Bertz CT molecular complexity index is 308. The molecular formula is C12H21N3. The van der Waals surface area contributed by atoms with E-state index < -0.39 is 0 Å². The van der Waals surface area contributed by atoms with Gasteiger partial charge in [-0.2, -0.15) is 0 Å². The van der Waals surface area contributed by atoms with Gasteiger partial charge in [0.15, 0.2) is 0 Å². The summed E-state index contributed by atoms with van der Waals surface area (Å²) in [5, 5.41) is 3.12. The molecule has 0 atom stereocenters. The molecule has 0 amide bonds. The van der Waals surface area contributed by atoms with Gasteiger partial charge in [-0.3, -0.25) is 0 Å².